The highest BCUT2D eigenvalue weighted by Gasteiger charge is 2.19. The van der Waals surface area contributed by atoms with Gasteiger partial charge in [-0.25, -0.2) is 4.79 Å². The van der Waals surface area contributed by atoms with Crippen molar-refractivity contribution >= 4 is 11.7 Å². The second kappa shape index (κ2) is 4.74. The molecule has 3 N–H and O–H groups in total. The van der Waals surface area contributed by atoms with Crippen LogP contribution in [0.3, 0.4) is 0 Å². The Kier molecular flexibility index (Phi) is 3.60. The number of hydrogen-bond acceptors (Lipinski definition) is 4. The number of ether oxygens (including phenoxy) is 2. The molecule has 16 heavy (non-hydrogen) atoms. The van der Waals surface area contributed by atoms with Crippen molar-refractivity contribution in [3.8, 4) is 11.5 Å². The zero-order valence-corrected chi connectivity index (χ0v) is 9.53. The maximum atomic E-state index is 11.0. The molecule has 1 aromatic rings. The van der Waals surface area contributed by atoms with Crippen LogP contribution in [0.1, 0.15) is 22.8 Å². The van der Waals surface area contributed by atoms with Crippen molar-refractivity contribution in [3.05, 3.63) is 17.2 Å². The number of carboxylic acids is 1. The van der Waals surface area contributed by atoms with Gasteiger partial charge in [0.1, 0.15) is 0 Å². The molecule has 0 unspecified atom stereocenters. The predicted molar refractivity (Wildman–Crippen MR) is 60.3 cm³/mol. The Bertz CT molecular complexity index is 415. The standard InChI is InChI=1S/C11H15NO4/c1-4-6-7(11(13)14)5-8(15-2)10(16-3)9(6)12/h5H,4,12H2,1-3H3,(H,13,14). The first-order valence-electron chi connectivity index (χ1n) is 4.83. The summed E-state index contributed by atoms with van der Waals surface area (Å²) < 4.78 is 10.1. The van der Waals surface area contributed by atoms with E-state index in [-0.39, 0.29) is 5.56 Å². The summed E-state index contributed by atoms with van der Waals surface area (Å²) in [7, 11) is 2.91. The van der Waals surface area contributed by atoms with E-state index in [1.54, 1.807) is 0 Å². The van der Waals surface area contributed by atoms with E-state index >= 15 is 0 Å². The van der Waals surface area contributed by atoms with E-state index in [2.05, 4.69) is 0 Å². The second-order valence-corrected chi connectivity index (χ2v) is 3.21. The van der Waals surface area contributed by atoms with Gasteiger partial charge in [0.25, 0.3) is 0 Å². The van der Waals surface area contributed by atoms with Crippen LogP contribution in [0.2, 0.25) is 0 Å². The summed E-state index contributed by atoms with van der Waals surface area (Å²) >= 11 is 0. The van der Waals surface area contributed by atoms with Gasteiger partial charge in [-0.2, -0.15) is 0 Å². The third kappa shape index (κ3) is 1.88. The number of benzene rings is 1. The van der Waals surface area contributed by atoms with Crippen LogP contribution >= 0.6 is 0 Å². The number of aromatic carboxylic acids is 1. The zero-order chi connectivity index (χ0) is 12.3. The molecule has 5 heteroatoms. The lowest BCUT2D eigenvalue weighted by Gasteiger charge is -2.15. The van der Waals surface area contributed by atoms with Crippen molar-refractivity contribution in [2.45, 2.75) is 13.3 Å². The minimum absolute atomic E-state index is 0.151. The molecule has 0 radical (unpaired) electrons. The van der Waals surface area contributed by atoms with E-state index in [4.69, 9.17) is 20.3 Å². The number of carboxylic acid groups (broad SMARTS) is 1. The lowest BCUT2D eigenvalue weighted by Crippen LogP contribution is -2.08. The number of methoxy groups -OCH3 is 2. The highest BCUT2D eigenvalue weighted by atomic mass is 16.5. The number of hydrogen-bond donors (Lipinski definition) is 2. The molecule has 0 aliphatic carbocycles. The van der Waals surface area contributed by atoms with E-state index in [1.807, 2.05) is 6.92 Å². The van der Waals surface area contributed by atoms with Crippen LogP contribution in [0.15, 0.2) is 6.07 Å². The van der Waals surface area contributed by atoms with Crippen LogP contribution in [0.5, 0.6) is 11.5 Å². The van der Waals surface area contributed by atoms with Gasteiger partial charge >= 0.3 is 5.97 Å². The lowest BCUT2D eigenvalue weighted by atomic mass is 10.0. The number of nitrogen functional groups attached to an aromatic ring is 1. The van der Waals surface area contributed by atoms with Crippen LogP contribution in [0.4, 0.5) is 5.69 Å². The molecule has 0 saturated heterocycles. The fourth-order valence-corrected chi connectivity index (χ4v) is 1.63. The lowest BCUT2D eigenvalue weighted by molar-refractivity contribution is 0.0695. The highest BCUT2D eigenvalue weighted by Crippen LogP contribution is 2.38. The Morgan fingerprint density at radius 2 is 2.06 bits per heavy atom. The molecule has 1 rings (SSSR count). The summed E-state index contributed by atoms with van der Waals surface area (Å²) in [6.07, 6.45) is 0.522. The van der Waals surface area contributed by atoms with Crippen LogP contribution in [-0.4, -0.2) is 25.3 Å². The average molecular weight is 225 g/mol. The van der Waals surface area contributed by atoms with Crippen molar-refractivity contribution in [2.75, 3.05) is 20.0 Å². The number of anilines is 1. The topological polar surface area (TPSA) is 81.8 Å². The monoisotopic (exact) mass is 225 g/mol. The van der Waals surface area contributed by atoms with Gasteiger partial charge in [-0.3, -0.25) is 0 Å². The average Bonchev–Trinajstić information content (AvgIpc) is 2.27. The molecule has 1 aromatic carbocycles. The van der Waals surface area contributed by atoms with Gasteiger partial charge in [0, 0.05) is 0 Å². The Hall–Kier alpha value is -1.91. The van der Waals surface area contributed by atoms with Crippen molar-refractivity contribution in [3.63, 3.8) is 0 Å². The van der Waals surface area contributed by atoms with Gasteiger partial charge in [0.05, 0.1) is 25.5 Å². The number of rotatable bonds is 4. The predicted octanol–water partition coefficient (Wildman–Crippen LogP) is 1.55. The first kappa shape index (κ1) is 12.2. The Morgan fingerprint density at radius 3 is 2.44 bits per heavy atom. The third-order valence-corrected chi connectivity index (χ3v) is 2.40. The van der Waals surface area contributed by atoms with Gasteiger partial charge in [-0.15, -0.1) is 0 Å². The molecule has 0 saturated carbocycles. The molecule has 5 nitrogen and oxygen atoms in total. The minimum Gasteiger partial charge on any atom is -0.493 e. The van der Waals surface area contributed by atoms with Gasteiger partial charge in [0.2, 0.25) is 0 Å². The van der Waals surface area contributed by atoms with Crippen molar-refractivity contribution < 1.29 is 19.4 Å². The molecule has 0 aromatic heterocycles. The zero-order valence-electron chi connectivity index (χ0n) is 9.53. The molecule has 0 fully saturated rings. The molecule has 0 spiro atoms. The molecule has 0 amide bonds. The first-order chi connectivity index (χ1) is 7.56. The summed E-state index contributed by atoms with van der Waals surface area (Å²) in [5.41, 5.74) is 6.88. The van der Waals surface area contributed by atoms with E-state index in [9.17, 15) is 4.79 Å². The second-order valence-electron chi connectivity index (χ2n) is 3.21. The maximum Gasteiger partial charge on any atom is 0.336 e. The summed E-state index contributed by atoms with van der Waals surface area (Å²) in [6, 6.07) is 1.43. The summed E-state index contributed by atoms with van der Waals surface area (Å²) in [5.74, 6) is -0.316. The van der Waals surface area contributed by atoms with Crippen molar-refractivity contribution in [2.24, 2.45) is 0 Å². The van der Waals surface area contributed by atoms with Crippen LogP contribution in [0.25, 0.3) is 0 Å². The summed E-state index contributed by atoms with van der Waals surface area (Å²) in [5, 5.41) is 9.05. The smallest absolute Gasteiger partial charge is 0.336 e. The van der Waals surface area contributed by atoms with Gasteiger partial charge in [0.15, 0.2) is 11.5 Å². The van der Waals surface area contributed by atoms with Crippen molar-refractivity contribution in [1.82, 2.24) is 0 Å². The largest absolute Gasteiger partial charge is 0.493 e. The molecular weight excluding hydrogens is 210 g/mol. The quantitative estimate of drug-likeness (QED) is 0.760. The highest BCUT2D eigenvalue weighted by molar-refractivity contribution is 5.93. The molecule has 0 atom stereocenters. The molecule has 0 bridgehead atoms. The van der Waals surface area contributed by atoms with E-state index < -0.39 is 5.97 Å². The molecule has 0 heterocycles. The van der Waals surface area contributed by atoms with E-state index in [0.717, 1.165) is 0 Å². The minimum atomic E-state index is -1.02. The van der Waals surface area contributed by atoms with Gasteiger partial charge < -0.3 is 20.3 Å². The Labute approximate surface area is 93.8 Å². The fourth-order valence-electron chi connectivity index (χ4n) is 1.63. The molecule has 88 valence electrons. The molecule has 0 aliphatic rings. The summed E-state index contributed by atoms with van der Waals surface area (Å²) in [4.78, 5) is 11.0. The third-order valence-electron chi connectivity index (χ3n) is 2.40. The van der Waals surface area contributed by atoms with Crippen LogP contribution in [-0.2, 0) is 6.42 Å². The Balaban J connectivity index is 3.54. The Morgan fingerprint density at radius 1 is 1.44 bits per heavy atom. The van der Waals surface area contributed by atoms with E-state index in [1.165, 1.54) is 20.3 Å². The normalized spacial score (nSPS) is 9.94. The van der Waals surface area contributed by atoms with Crippen LogP contribution in [0, 0.1) is 0 Å². The maximum absolute atomic E-state index is 11.0. The number of carbonyl (C=O) groups is 1. The van der Waals surface area contributed by atoms with Gasteiger partial charge in [-0.1, -0.05) is 6.92 Å². The van der Waals surface area contributed by atoms with E-state index in [0.29, 0.717) is 29.2 Å². The van der Waals surface area contributed by atoms with Crippen molar-refractivity contribution in [1.29, 1.82) is 0 Å². The first-order valence-corrected chi connectivity index (χ1v) is 4.83. The SMILES string of the molecule is CCc1c(C(=O)O)cc(OC)c(OC)c1N. The summed E-state index contributed by atoms with van der Waals surface area (Å²) in [6.45, 7) is 1.84. The number of nitrogens with two attached hydrogens (primary N) is 1. The molecular formula is C11H15NO4. The molecule has 0 aliphatic heterocycles. The van der Waals surface area contributed by atoms with Crippen LogP contribution < -0.4 is 15.2 Å². The van der Waals surface area contributed by atoms with Gasteiger partial charge in [-0.05, 0) is 18.1 Å². The fraction of sp³-hybridized carbons (Fsp3) is 0.364.